The first kappa shape index (κ1) is 17.1. The predicted octanol–water partition coefficient (Wildman–Crippen LogP) is 5.77. The van der Waals surface area contributed by atoms with E-state index >= 15 is 0 Å². The average Bonchev–Trinajstić information content (AvgIpc) is 3.53. The minimum Gasteiger partial charge on any atom is -0.372 e. The summed E-state index contributed by atoms with van der Waals surface area (Å²) in [6.07, 6.45) is 4.51. The molecule has 2 aromatic carbocycles. The third-order valence-corrected chi connectivity index (χ3v) is 12.8. The summed E-state index contributed by atoms with van der Waals surface area (Å²) in [5.41, 5.74) is 4.95. The van der Waals surface area contributed by atoms with Crippen molar-refractivity contribution in [1.29, 1.82) is 0 Å². The van der Waals surface area contributed by atoms with E-state index < -0.39 is 0 Å². The van der Waals surface area contributed by atoms with Gasteiger partial charge in [0.2, 0.25) is 0 Å². The van der Waals surface area contributed by atoms with Gasteiger partial charge in [0.05, 0.1) is 11.7 Å². The van der Waals surface area contributed by atoms with Gasteiger partial charge in [0.15, 0.2) is 0 Å². The van der Waals surface area contributed by atoms with Crippen LogP contribution < -0.4 is 0 Å². The van der Waals surface area contributed by atoms with Crippen molar-refractivity contribution < 1.29 is 4.74 Å². The lowest BCUT2D eigenvalue weighted by Gasteiger charge is -2.30. The Morgan fingerprint density at radius 1 is 0.688 bits per heavy atom. The molecule has 0 spiro atoms. The average molecular weight is 423 g/mol. The summed E-state index contributed by atoms with van der Waals surface area (Å²) in [4.78, 5) is 0. The summed E-state index contributed by atoms with van der Waals surface area (Å²) in [5, 5.41) is 3.25. The van der Waals surface area contributed by atoms with Gasteiger partial charge in [0.25, 0.3) is 0 Å². The lowest BCUT2D eigenvalue weighted by molar-refractivity contribution is -0.0869. The highest BCUT2D eigenvalue weighted by Gasteiger charge is 2.92. The van der Waals surface area contributed by atoms with Gasteiger partial charge in [0.1, 0.15) is 0 Å². The molecule has 1 heteroatoms. The Bertz CT molecular complexity index is 1150. The quantitative estimate of drug-likeness (QED) is 0.610. The number of aryl methyl sites for hydroxylation is 2. The van der Waals surface area contributed by atoms with Crippen molar-refractivity contribution >= 4 is 10.8 Å². The number of ether oxygens (including phenoxy) is 1. The van der Waals surface area contributed by atoms with Crippen molar-refractivity contribution in [2.24, 2.45) is 76.9 Å². The molecular weight excluding hydrogens is 388 g/mol. The van der Waals surface area contributed by atoms with Crippen LogP contribution in [0.2, 0.25) is 0 Å². The minimum absolute atomic E-state index is 0.0321. The van der Waals surface area contributed by atoms with Crippen LogP contribution >= 0.6 is 0 Å². The fourth-order valence-electron chi connectivity index (χ4n) is 13.3. The normalized spacial score (nSPS) is 55.3. The van der Waals surface area contributed by atoms with E-state index in [1.165, 1.54) is 19.3 Å². The van der Waals surface area contributed by atoms with E-state index in [2.05, 4.69) is 51.1 Å². The zero-order valence-corrected chi connectivity index (χ0v) is 19.5. The van der Waals surface area contributed by atoms with Crippen molar-refractivity contribution in [3.8, 4) is 0 Å². The van der Waals surface area contributed by atoms with Crippen LogP contribution in [0, 0.1) is 76.9 Å². The first-order chi connectivity index (χ1) is 15.5. The summed E-state index contributed by atoms with van der Waals surface area (Å²) in [6.45, 7) is 6.88. The van der Waals surface area contributed by atoms with Gasteiger partial charge in [-0.05, 0) is 144 Å². The number of benzene rings is 2. The first-order valence-electron chi connectivity index (χ1n) is 13.7. The maximum Gasteiger partial charge on any atom is 0.0649 e. The Hall–Kier alpha value is -1.34. The molecule has 0 N–H and O–H groups in total. The molecule has 32 heavy (non-hydrogen) atoms. The number of hydrogen-bond donors (Lipinski definition) is 0. The standard InChI is InChI=1S/C31H34O/c1-31(2,3)32-30-28-24-20-18-16(19-22(20)26(28)27-23(19)21(18)25(24)29(27)30)11-14-10-9-13-8-7-12-5-4-6-15(14)17(12)13/h4-6,9-10,16,18-30H,7-8,11H2,1-3H3. The van der Waals surface area contributed by atoms with Crippen LogP contribution in [0.1, 0.15) is 37.5 Å². The van der Waals surface area contributed by atoms with Gasteiger partial charge in [-0.2, -0.15) is 0 Å². The Kier molecular flexibility index (Phi) is 2.61. The largest absolute Gasteiger partial charge is 0.372 e. The van der Waals surface area contributed by atoms with Crippen molar-refractivity contribution in [3.63, 3.8) is 0 Å². The molecule has 0 aliphatic heterocycles. The second-order valence-corrected chi connectivity index (χ2v) is 14.2. The lowest BCUT2D eigenvalue weighted by atomic mass is 9.80. The maximum absolute atomic E-state index is 6.83. The molecule has 0 amide bonds. The second kappa shape index (κ2) is 4.88. The summed E-state index contributed by atoms with van der Waals surface area (Å²) in [6, 6.07) is 12.2. The van der Waals surface area contributed by atoms with E-state index in [0.717, 1.165) is 76.9 Å². The molecule has 4 bridgehead atoms. The van der Waals surface area contributed by atoms with Crippen LogP contribution in [0.4, 0.5) is 0 Å². The highest BCUT2D eigenvalue weighted by Crippen LogP contribution is 2.94. The van der Waals surface area contributed by atoms with Gasteiger partial charge in [-0.1, -0.05) is 30.3 Å². The fraction of sp³-hybridized carbons (Fsp3) is 0.677. The second-order valence-electron chi connectivity index (χ2n) is 14.2. The molecule has 8 atom stereocenters. The molecule has 2 aromatic rings. The Balaban J connectivity index is 1.05. The van der Waals surface area contributed by atoms with Crippen LogP contribution in [-0.4, -0.2) is 11.7 Å². The molecule has 0 saturated heterocycles. The van der Waals surface area contributed by atoms with Crippen LogP contribution in [-0.2, 0) is 24.0 Å². The Morgan fingerprint density at radius 3 is 1.84 bits per heavy atom. The monoisotopic (exact) mass is 422 g/mol. The Labute approximate surface area is 191 Å². The summed E-state index contributed by atoms with van der Waals surface area (Å²) >= 11 is 0. The van der Waals surface area contributed by atoms with Gasteiger partial charge >= 0.3 is 0 Å². The van der Waals surface area contributed by atoms with Crippen LogP contribution in [0.15, 0.2) is 30.3 Å². The predicted molar refractivity (Wildman–Crippen MR) is 125 cm³/mol. The zero-order valence-electron chi connectivity index (χ0n) is 19.5. The summed E-state index contributed by atoms with van der Waals surface area (Å²) in [7, 11) is 0. The summed E-state index contributed by atoms with van der Waals surface area (Å²) < 4.78 is 6.83. The van der Waals surface area contributed by atoms with Crippen LogP contribution in [0.25, 0.3) is 10.8 Å². The molecule has 0 aromatic heterocycles. The molecule has 1 nitrogen and oxygen atoms in total. The smallest absolute Gasteiger partial charge is 0.0649 e. The summed E-state index contributed by atoms with van der Waals surface area (Å²) in [5.74, 6) is 13.6. The third kappa shape index (κ3) is 1.53. The van der Waals surface area contributed by atoms with Gasteiger partial charge in [-0.25, -0.2) is 0 Å². The molecule has 11 rings (SSSR count). The van der Waals surface area contributed by atoms with Crippen LogP contribution in [0.3, 0.4) is 0 Å². The molecule has 9 aliphatic carbocycles. The van der Waals surface area contributed by atoms with Crippen molar-refractivity contribution in [1.82, 2.24) is 0 Å². The SMILES string of the molecule is CC(C)(C)OC1C2C3C4C5C(Cc6ccc7c8c(cccc68)CC7)C6C4C2C2C1C3C5C62. The van der Waals surface area contributed by atoms with Crippen molar-refractivity contribution in [2.45, 2.75) is 51.7 Å². The molecule has 0 heterocycles. The highest BCUT2D eigenvalue weighted by atomic mass is 16.5. The van der Waals surface area contributed by atoms with E-state index in [-0.39, 0.29) is 5.60 Å². The van der Waals surface area contributed by atoms with Gasteiger partial charge in [-0.3, -0.25) is 0 Å². The minimum atomic E-state index is 0.0321. The molecular formula is C31H34O. The number of hydrogen-bond acceptors (Lipinski definition) is 1. The van der Waals surface area contributed by atoms with E-state index in [1.54, 1.807) is 27.5 Å². The molecule has 9 aliphatic rings. The molecule has 0 radical (unpaired) electrons. The molecule has 8 saturated carbocycles. The first-order valence-corrected chi connectivity index (χ1v) is 13.7. The van der Waals surface area contributed by atoms with Crippen molar-refractivity contribution in [2.75, 3.05) is 0 Å². The van der Waals surface area contributed by atoms with Gasteiger partial charge < -0.3 is 4.74 Å². The lowest BCUT2D eigenvalue weighted by Crippen LogP contribution is -2.33. The third-order valence-electron chi connectivity index (χ3n) is 12.8. The maximum atomic E-state index is 6.83. The van der Waals surface area contributed by atoms with Gasteiger partial charge in [0, 0.05) is 0 Å². The number of rotatable bonds is 3. The fourth-order valence-corrected chi connectivity index (χ4v) is 13.3. The highest BCUT2D eigenvalue weighted by molar-refractivity contribution is 5.93. The van der Waals surface area contributed by atoms with E-state index in [9.17, 15) is 0 Å². The van der Waals surface area contributed by atoms with E-state index in [4.69, 9.17) is 4.74 Å². The van der Waals surface area contributed by atoms with Gasteiger partial charge in [-0.15, -0.1) is 0 Å². The molecule has 8 unspecified atom stereocenters. The van der Waals surface area contributed by atoms with E-state index in [1.807, 2.05) is 0 Å². The van der Waals surface area contributed by atoms with Crippen molar-refractivity contribution in [3.05, 3.63) is 47.0 Å². The zero-order chi connectivity index (χ0) is 20.8. The topological polar surface area (TPSA) is 9.23 Å². The molecule has 8 fully saturated rings. The van der Waals surface area contributed by atoms with Crippen LogP contribution in [0.5, 0.6) is 0 Å². The Morgan fingerprint density at radius 2 is 1.25 bits per heavy atom. The molecule has 164 valence electrons. The van der Waals surface area contributed by atoms with E-state index in [0.29, 0.717) is 6.10 Å².